The zero-order chi connectivity index (χ0) is 11.4. The molecule has 0 amide bonds. The summed E-state index contributed by atoms with van der Waals surface area (Å²) < 4.78 is 0. The molecule has 16 heavy (non-hydrogen) atoms. The highest BCUT2D eigenvalue weighted by Gasteiger charge is 2.21. The summed E-state index contributed by atoms with van der Waals surface area (Å²) in [6.07, 6.45) is 3.92. The summed E-state index contributed by atoms with van der Waals surface area (Å²) in [4.78, 5) is 2.47. The zero-order valence-corrected chi connectivity index (χ0v) is 10.8. The fraction of sp³-hybridized carbons (Fsp3) is 0.538. The zero-order valence-electron chi connectivity index (χ0n) is 9.33. The molecule has 1 heterocycles. The minimum atomic E-state index is 0.320. The fourth-order valence-electron chi connectivity index (χ4n) is 2.34. The summed E-state index contributed by atoms with van der Waals surface area (Å²) in [6.45, 7) is 2.31. The van der Waals surface area contributed by atoms with Gasteiger partial charge in [0, 0.05) is 16.9 Å². The molecule has 3 heteroatoms. The molecule has 1 atom stereocenters. The summed E-state index contributed by atoms with van der Waals surface area (Å²) in [7, 11) is 0. The van der Waals surface area contributed by atoms with Crippen LogP contribution in [0.15, 0.2) is 24.3 Å². The molecule has 0 saturated carbocycles. The van der Waals surface area contributed by atoms with Crippen molar-refractivity contribution in [2.24, 2.45) is 0 Å². The van der Waals surface area contributed by atoms with Crippen LogP contribution in [0.5, 0.6) is 0 Å². The van der Waals surface area contributed by atoms with Crippen LogP contribution in [0.3, 0.4) is 0 Å². The van der Waals surface area contributed by atoms with Gasteiger partial charge >= 0.3 is 0 Å². The van der Waals surface area contributed by atoms with Gasteiger partial charge in [0.05, 0.1) is 0 Å². The highest BCUT2D eigenvalue weighted by atomic mass is 35.5. The van der Waals surface area contributed by atoms with Gasteiger partial charge in [-0.15, -0.1) is 11.6 Å². The molecule has 1 fully saturated rings. The summed E-state index contributed by atoms with van der Waals surface area (Å²) in [6, 6.07) is 8.38. The second kappa shape index (κ2) is 5.90. The lowest BCUT2D eigenvalue weighted by atomic mass is 10.0. The third-order valence-electron chi connectivity index (χ3n) is 3.21. The number of halogens is 2. The SMILES string of the molecule is ClCC(c1cccc(Cl)c1)N1CCCCC1. The Morgan fingerprint density at radius 2 is 1.94 bits per heavy atom. The molecule has 0 bridgehead atoms. The van der Waals surface area contributed by atoms with E-state index >= 15 is 0 Å². The highest BCUT2D eigenvalue weighted by Crippen LogP contribution is 2.27. The Morgan fingerprint density at radius 3 is 2.56 bits per heavy atom. The van der Waals surface area contributed by atoms with Crippen LogP contribution in [0, 0.1) is 0 Å². The van der Waals surface area contributed by atoms with E-state index in [1.54, 1.807) is 0 Å². The average molecular weight is 258 g/mol. The molecular formula is C13H17Cl2N. The number of hydrogen-bond donors (Lipinski definition) is 0. The minimum Gasteiger partial charge on any atom is -0.295 e. The molecule has 1 aromatic rings. The first kappa shape index (κ1) is 12.2. The Morgan fingerprint density at radius 1 is 1.19 bits per heavy atom. The summed E-state index contributed by atoms with van der Waals surface area (Å²) in [5.41, 5.74) is 1.24. The number of benzene rings is 1. The van der Waals surface area contributed by atoms with Gasteiger partial charge in [-0.1, -0.05) is 30.2 Å². The van der Waals surface area contributed by atoms with Gasteiger partial charge < -0.3 is 0 Å². The van der Waals surface area contributed by atoms with Crippen LogP contribution in [0.2, 0.25) is 5.02 Å². The van der Waals surface area contributed by atoms with Gasteiger partial charge in [-0.3, -0.25) is 4.90 Å². The molecule has 2 rings (SSSR count). The van der Waals surface area contributed by atoms with Crippen molar-refractivity contribution in [3.63, 3.8) is 0 Å². The molecule has 1 nitrogen and oxygen atoms in total. The predicted octanol–water partition coefficient (Wildman–Crippen LogP) is 4.11. The van der Waals surface area contributed by atoms with Gasteiger partial charge in [0.15, 0.2) is 0 Å². The maximum absolute atomic E-state index is 6.10. The van der Waals surface area contributed by atoms with Crippen LogP contribution >= 0.6 is 23.2 Å². The Labute approximate surface area is 107 Å². The van der Waals surface area contributed by atoms with Crippen molar-refractivity contribution in [1.29, 1.82) is 0 Å². The molecule has 0 N–H and O–H groups in total. The molecule has 1 unspecified atom stereocenters. The van der Waals surface area contributed by atoms with Gasteiger partial charge in [-0.25, -0.2) is 0 Å². The maximum atomic E-state index is 6.10. The van der Waals surface area contributed by atoms with E-state index in [4.69, 9.17) is 23.2 Å². The summed E-state index contributed by atoms with van der Waals surface area (Å²) >= 11 is 12.1. The molecule has 0 aromatic heterocycles. The number of nitrogens with zero attached hydrogens (tertiary/aromatic N) is 1. The van der Waals surface area contributed by atoms with Gasteiger partial charge in [-0.2, -0.15) is 0 Å². The molecular weight excluding hydrogens is 241 g/mol. The van der Waals surface area contributed by atoms with Gasteiger partial charge in [0.1, 0.15) is 0 Å². The van der Waals surface area contributed by atoms with E-state index < -0.39 is 0 Å². The Bertz CT molecular complexity index is 334. The molecule has 1 aliphatic rings. The number of piperidine rings is 1. The average Bonchev–Trinajstić information content (AvgIpc) is 2.31. The quantitative estimate of drug-likeness (QED) is 0.737. The normalized spacial score (nSPS) is 19.6. The predicted molar refractivity (Wildman–Crippen MR) is 70.3 cm³/mol. The van der Waals surface area contributed by atoms with Crippen molar-refractivity contribution < 1.29 is 0 Å². The van der Waals surface area contributed by atoms with Crippen molar-refractivity contribution >= 4 is 23.2 Å². The van der Waals surface area contributed by atoms with E-state index in [0.717, 1.165) is 18.1 Å². The van der Waals surface area contributed by atoms with E-state index in [-0.39, 0.29) is 0 Å². The monoisotopic (exact) mass is 257 g/mol. The molecule has 0 spiro atoms. The largest absolute Gasteiger partial charge is 0.295 e. The van der Waals surface area contributed by atoms with Crippen molar-refractivity contribution in [2.75, 3.05) is 19.0 Å². The van der Waals surface area contributed by atoms with Gasteiger partial charge in [-0.05, 0) is 43.6 Å². The van der Waals surface area contributed by atoms with Gasteiger partial charge in [0.25, 0.3) is 0 Å². The minimum absolute atomic E-state index is 0.320. The van der Waals surface area contributed by atoms with Crippen molar-refractivity contribution in [3.05, 3.63) is 34.9 Å². The Balaban J connectivity index is 2.14. The number of hydrogen-bond acceptors (Lipinski definition) is 1. The number of alkyl halides is 1. The van der Waals surface area contributed by atoms with E-state index in [0.29, 0.717) is 11.9 Å². The first-order valence-corrected chi connectivity index (χ1v) is 6.78. The maximum Gasteiger partial charge on any atom is 0.0484 e. The van der Waals surface area contributed by atoms with Crippen molar-refractivity contribution in [3.8, 4) is 0 Å². The van der Waals surface area contributed by atoms with Crippen LogP contribution in [0.1, 0.15) is 30.9 Å². The molecule has 1 saturated heterocycles. The van der Waals surface area contributed by atoms with Crippen LogP contribution in [-0.4, -0.2) is 23.9 Å². The van der Waals surface area contributed by atoms with Crippen LogP contribution in [-0.2, 0) is 0 Å². The summed E-state index contributed by atoms with van der Waals surface area (Å²) in [5.74, 6) is 0.639. The highest BCUT2D eigenvalue weighted by molar-refractivity contribution is 6.30. The van der Waals surface area contributed by atoms with Crippen LogP contribution in [0.25, 0.3) is 0 Å². The molecule has 88 valence electrons. The lowest BCUT2D eigenvalue weighted by Crippen LogP contribution is -2.34. The molecule has 0 radical (unpaired) electrons. The first-order valence-electron chi connectivity index (χ1n) is 5.87. The standard InChI is InChI=1S/C13H17Cl2N/c14-10-13(16-7-2-1-3-8-16)11-5-4-6-12(15)9-11/h4-6,9,13H,1-3,7-8,10H2. The van der Waals surface area contributed by atoms with Crippen LogP contribution in [0.4, 0.5) is 0 Å². The number of rotatable bonds is 3. The second-order valence-electron chi connectivity index (χ2n) is 4.32. The van der Waals surface area contributed by atoms with E-state index in [9.17, 15) is 0 Å². The van der Waals surface area contributed by atoms with Crippen molar-refractivity contribution in [2.45, 2.75) is 25.3 Å². The van der Waals surface area contributed by atoms with E-state index in [1.165, 1.54) is 24.8 Å². The Kier molecular flexibility index (Phi) is 4.51. The topological polar surface area (TPSA) is 3.24 Å². The fourth-order valence-corrected chi connectivity index (χ4v) is 2.91. The summed E-state index contributed by atoms with van der Waals surface area (Å²) in [5, 5.41) is 0.796. The van der Waals surface area contributed by atoms with Gasteiger partial charge in [0.2, 0.25) is 0 Å². The number of likely N-dealkylation sites (tertiary alicyclic amines) is 1. The van der Waals surface area contributed by atoms with Crippen molar-refractivity contribution in [1.82, 2.24) is 4.90 Å². The van der Waals surface area contributed by atoms with Crippen LogP contribution < -0.4 is 0 Å². The smallest absolute Gasteiger partial charge is 0.0484 e. The molecule has 1 aromatic carbocycles. The third kappa shape index (κ3) is 2.91. The van der Waals surface area contributed by atoms with E-state index in [2.05, 4.69) is 11.0 Å². The third-order valence-corrected chi connectivity index (χ3v) is 3.74. The molecule has 1 aliphatic heterocycles. The lowest BCUT2D eigenvalue weighted by Gasteiger charge is -2.33. The molecule has 0 aliphatic carbocycles. The first-order chi connectivity index (χ1) is 7.81. The lowest BCUT2D eigenvalue weighted by molar-refractivity contribution is 0.177. The second-order valence-corrected chi connectivity index (χ2v) is 5.07. The Hall–Kier alpha value is -0.240. The van der Waals surface area contributed by atoms with E-state index in [1.807, 2.05) is 18.2 Å².